The van der Waals surface area contributed by atoms with E-state index in [1.807, 2.05) is 19.1 Å². The van der Waals surface area contributed by atoms with Crippen molar-refractivity contribution in [2.24, 2.45) is 0 Å². The summed E-state index contributed by atoms with van der Waals surface area (Å²) in [5, 5.41) is 3.40. The number of ether oxygens (including phenoxy) is 3. The predicted molar refractivity (Wildman–Crippen MR) is 77.0 cm³/mol. The Hall–Kier alpha value is -1.26. The van der Waals surface area contributed by atoms with Crippen LogP contribution in [-0.2, 0) is 11.3 Å². The summed E-state index contributed by atoms with van der Waals surface area (Å²) in [6.07, 6.45) is 0. The molecule has 0 heterocycles. The van der Waals surface area contributed by atoms with E-state index in [1.54, 1.807) is 7.11 Å². The van der Waals surface area contributed by atoms with Gasteiger partial charge in [-0.2, -0.15) is 0 Å². The molecule has 0 aliphatic rings. The molecule has 0 bridgehead atoms. The van der Waals surface area contributed by atoms with Gasteiger partial charge in [0.15, 0.2) is 11.5 Å². The Labute approximate surface area is 116 Å². The highest BCUT2D eigenvalue weighted by Gasteiger charge is 2.11. The molecule has 0 saturated carbocycles. The van der Waals surface area contributed by atoms with Gasteiger partial charge in [-0.25, -0.2) is 0 Å². The second-order valence-corrected chi connectivity index (χ2v) is 4.55. The highest BCUT2D eigenvalue weighted by Crippen LogP contribution is 2.31. The summed E-state index contributed by atoms with van der Waals surface area (Å²) >= 11 is 0. The number of hydrogen-bond acceptors (Lipinski definition) is 4. The summed E-state index contributed by atoms with van der Waals surface area (Å²) in [7, 11) is 1.67. The molecule has 0 amide bonds. The van der Waals surface area contributed by atoms with Gasteiger partial charge in [0.25, 0.3) is 0 Å². The molecule has 19 heavy (non-hydrogen) atoms. The zero-order valence-electron chi connectivity index (χ0n) is 12.4. The van der Waals surface area contributed by atoms with Crippen molar-refractivity contribution in [1.29, 1.82) is 0 Å². The molecule has 1 aromatic rings. The molecule has 0 radical (unpaired) electrons. The van der Waals surface area contributed by atoms with Gasteiger partial charge in [0.1, 0.15) is 6.61 Å². The third-order valence-electron chi connectivity index (χ3n) is 2.59. The Morgan fingerprint density at radius 3 is 2.58 bits per heavy atom. The summed E-state index contributed by atoms with van der Waals surface area (Å²) < 4.78 is 16.4. The van der Waals surface area contributed by atoms with Crippen molar-refractivity contribution in [2.75, 3.05) is 26.9 Å². The van der Waals surface area contributed by atoms with Crippen LogP contribution in [0.4, 0.5) is 0 Å². The van der Waals surface area contributed by atoms with Gasteiger partial charge in [-0.1, -0.05) is 26.0 Å². The van der Waals surface area contributed by atoms with E-state index in [9.17, 15) is 0 Å². The fraction of sp³-hybridized carbons (Fsp3) is 0.600. The molecule has 0 aromatic heterocycles. The number of hydrogen-bond donors (Lipinski definition) is 1. The van der Waals surface area contributed by atoms with Crippen LogP contribution in [0.2, 0.25) is 0 Å². The zero-order chi connectivity index (χ0) is 14.1. The van der Waals surface area contributed by atoms with Crippen LogP contribution in [0.3, 0.4) is 0 Å². The van der Waals surface area contributed by atoms with Crippen LogP contribution in [-0.4, -0.2) is 33.0 Å². The van der Waals surface area contributed by atoms with E-state index >= 15 is 0 Å². The van der Waals surface area contributed by atoms with Gasteiger partial charge in [0.2, 0.25) is 0 Å². The first-order valence-corrected chi connectivity index (χ1v) is 6.78. The summed E-state index contributed by atoms with van der Waals surface area (Å²) in [4.78, 5) is 0. The topological polar surface area (TPSA) is 39.7 Å². The highest BCUT2D eigenvalue weighted by atomic mass is 16.5. The third kappa shape index (κ3) is 5.49. The first-order valence-electron chi connectivity index (χ1n) is 6.78. The summed E-state index contributed by atoms with van der Waals surface area (Å²) in [6, 6.07) is 6.42. The van der Waals surface area contributed by atoms with E-state index in [-0.39, 0.29) is 0 Å². The molecule has 0 fully saturated rings. The molecule has 0 atom stereocenters. The third-order valence-corrected chi connectivity index (χ3v) is 2.59. The van der Waals surface area contributed by atoms with Gasteiger partial charge in [-0.3, -0.25) is 0 Å². The Morgan fingerprint density at radius 2 is 1.95 bits per heavy atom. The normalized spacial score (nSPS) is 10.8. The second kappa shape index (κ2) is 8.77. The molecule has 0 aliphatic carbocycles. The lowest BCUT2D eigenvalue weighted by Crippen LogP contribution is -2.22. The summed E-state index contributed by atoms with van der Waals surface area (Å²) in [5.74, 6) is 1.61. The maximum absolute atomic E-state index is 5.80. The molecule has 4 heteroatoms. The Balaban J connectivity index is 2.83. The summed E-state index contributed by atoms with van der Waals surface area (Å²) in [6.45, 7) is 8.70. The van der Waals surface area contributed by atoms with Crippen molar-refractivity contribution in [3.8, 4) is 11.5 Å². The van der Waals surface area contributed by atoms with E-state index < -0.39 is 0 Å². The quantitative estimate of drug-likeness (QED) is 0.698. The van der Waals surface area contributed by atoms with Crippen LogP contribution in [0.15, 0.2) is 18.2 Å². The van der Waals surface area contributed by atoms with Crippen molar-refractivity contribution >= 4 is 0 Å². The van der Waals surface area contributed by atoms with Gasteiger partial charge < -0.3 is 19.5 Å². The van der Waals surface area contributed by atoms with Crippen LogP contribution in [0.1, 0.15) is 26.3 Å². The maximum atomic E-state index is 5.80. The van der Waals surface area contributed by atoms with Crippen LogP contribution >= 0.6 is 0 Å². The number of methoxy groups -OCH3 is 1. The standard InChI is InChI=1S/C15H25NO3/c1-5-18-14-8-6-7-13(11-16-12(2)3)15(14)19-10-9-17-4/h6-8,12,16H,5,9-11H2,1-4H3. The Bertz CT molecular complexity index is 366. The molecule has 1 aromatic carbocycles. The Kier molecular flexibility index (Phi) is 7.30. The van der Waals surface area contributed by atoms with Gasteiger partial charge >= 0.3 is 0 Å². The number of nitrogens with one attached hydrogen (secondary N) is 1. The minimum atomic E-state index is 0.433. The molecule has 0 saturated heterocycles. The van der Waals surface area contributed by atoms with Crippen molar-refractivity contribution in [3.05, 3.63) is 23.8 Å². The molecule has 108 valence electrons. The second-order valence-electron chi connectivity index (χ2n) is 4.55. The van der Waals surface area contributed by atoms with Crippen LogP contribution < -0.4 is 14.8 Å². The minimum Gasteiger partial charge on any atom is -0.490 e. The van der Waals surface area contributed by atoms with Crippen molar-refractivity contribution in [2.45, 2.75) is 33.4 Å². The average molecular weight is 267 g/mol. The fourth-order valence-corrected chi connectivity index (χ4v) is 1.67. The molecular formula is C15H25NO3. The van der Waals surface area contributed by atoms with E-state index in [1.165, 1.54) is 0 Å². The van der Waals surface area contributed by atoms with E-state index in [4.69, 9.17) is 14.2 Å². The SMILES string of the molecule is CCOc1cccc(CNC(C)C)c1OCCOC. The van der Waals surface area contributed by atoms with E-state index in [2.05, 4.69) is 25.2 Å². The van der Waals surface area contributed by atoms with Crippen LogP contribution in [0.25, 0.3) is 0 Å². The van der Waals surface area contributed by atoms with Gasteiger partial charge in [0.05, 0.1) is 13.2 Å². The van der Waals surface area contributed by atoms with E-state index in [0.29, 0.717) is 25.9 Å². The molecule has 0 unspecified atom stereocenters. The van der Waals surface area contributed by atoms with Gasteiger partial charge in [0, 0.05) is 25.3 Å². The molecule has 1 N–H and O–H groups in total. The van der Waals surface area contributed by atoms with Crippen molar-refractivity contribution < 1.29 is 14.2 Å². The molecule has 0 aliphatic heterocycles. The lowest BCUT2D eigenvalue weighted by molar-refractivity contribution is 0.142. The largest absolute Gasteiger partial charge is 0.490 e. The number of rotatable bonds is 9. The Morgan fingerprint density at radius 1 is 1.16 bits per heavy atom. The van der Waals surface area contributed by atoms with Gasteiger partial charge in [-0.05, 0) is 13.0 Å². The number of benzene rings is 1. The fourth-order valence-electron chi connectivity index (χ4n) is 1.67. The number of para-hydroxylation sites is 1. The zero-order valence-corrected chi connectivity index (χ0v) is 12.4. The lowest BCUT2D eigenvalue weighted by Gasteiger charge is -2.17. The minimum absolute atomic E-state index is 0.433. The maximum Gasteiger partial charge on any atom is 0.165 e. The summed E-state index contributed by atoms with van der Waals surface area (Å²) in [5.41, 5.74) is 1.11. The van der Waals surface area contributed by atoms with Crippen molar-refractivity contribution in [1.82, 2.24) is 5.32 Å². The highest BCUT2D eigenvalue weighted by molar-refractivity contribution is 5.46. The first-order chi connectivity index (χ1) is 9.19. The van der Waals surface area contributed by atoms with Crippen molar-refractivity contribution in [3.63, 3.8) is 0 Å². The van der Waals surface area contributed by atoms with Crippen LogP contribution in [0.5, 0.6) is 11.5 Å². The smallest absolute Gasteiger partial charge is 0.165 e. The van der Waals surface area contributed by atoms with Gasteiger partial charge in [-0.15, -0.1) is 0 Å². The van der Waals surface area contributed by atoms with Crippen LogP contribution in [0, 0.1) is 0 Å². The first kappa shape index (κ1) is 15.8. The monoisotopic (exact) mass is 267 g/mol. The lowest BCUT2D eigenvalue weighted by atomic mass is 10.1. The predicted octanol–water partition coefficient (Wildman–Crippen LogP) is 2.61. The molecular weight excluding hydrogens is 242 g/mol. The molecule has 1 rings (SSSR count). The van der Waals surface area contributed by atoms with E-state index in [0.717, 1.165) is 23.6 Å². The average Bonchev–Trinajstić information content (AvgIpc) is 2.39. The molecule has 4 nitrogen and oxygen atoms in total. The molecule has 0 spiro atoms.